The zero-order valence-electron chi connectivity index (χ0n) is 10.7. The average molecular weight is 241 g/mol. The molecule has 5 nitrogen and oxygen atoms in total. The lowest BCUT2D eigenvalue weighted by molar-refractivity contribution is -0.126. The fraction of sp³-hybridized carbons (Fsp3) is 0.833. The first-order valence-corrected chi connectivity index (χ1v) is 6.37. The zero-order chi connectivity index (χ0) is 12.7. The van der Waals surface area contributed by atoms with Crippen LogP contribution in [-0.2, 0) is 9.59 Å². The summed E-state index contributed by atoms with van der Waals surface area (Å²) in [7, 11) is 0. The average Bonchev–Trinajstić information content (AvgIpc) is 2.29. The van der Waals surface area contributed by atoms with E-state index in [0.29, 0.717) is 13.0 Å². The molecule has 98 valence electrons. The molecule has 0 radical (unpaired) electrons. The minimum absolute atomic E-state index is 0.00869. The Morgan fingerprint density at radius 1 is 1.29 bits per heavy atom. The van der Waals surface area contributed by atoms with Crippen LogP contribution in [0.25, 0.3) is 0 Å². The highest BCUT2D eigenvalue weighted by atomic mass is 16.2. The second kappa shape index (κ2) is 7.27. The van der Waals surface area contributed by atoms with Crippen molar-refractivity contribution in [3.05, 3.63) is 0 Å². The number of hydrogen-bond donors (Lipinski definition) is 3. The maximum absolute atomic E-state index is 11.7. The van der Waals surface area contributed by atoms with Gasteiger partial charge in [0.15, 0.2) is 0 Å². The van der Waals surface area contributed by atoms with Gasteiger partial charge in [-0.1, -0.05) is 0 Å². The van der Waals surface area contributed by atoms with Crippen molar-refractivity contribution in [1.82, 2.24) is 16.0 Å². The molecular formula is C12H23N3O2. The van der Waals surface area contributed by atoms with Crippen molar-refractivity contribution in [2.75, 3.05) is 19.6 Å². The summed E-state index contributed by atoms with van der Waals surface area (Å²) in [6.45, 7) is 6.09. The van der Waals surface area contributed by atoms with Gasteiger partial charge in [-0.15, -0.1) is 0 Å². The summed E-state index contributed by atoms with van der Waals surface area (Å²) in [6.07, 6.45) is 2.14. The van der Waals surface area contributed by atoms with E-state index in [-0.39, 0.29) is 23.8 Å². The van der Waals surface area contributed by atoms with Crippen LogP contribution in [-0.4, -0.2) is 37.5 Å². The molecule has 0 aliphatic carbocycles. The number of nitrogens with one attached hydrogen (secondary N) is 3. The van der Waals surface area contributed by atoms with Crippen LogP contribution in [0.2, 0.25) is 0 Å². The lowest BCUT2D eigenvalue weighted by Crippen LogP contribution is -2.40. The molecule has 1 heterocycles. The van der Waals surface area contributed by atoms with Gasteiger partial charge in [0.2, 0.25) is 11.8 Å². The second-order valence-electron chi connectivity index (χ2n) is 4.79. The number of piperidine rings is 1. The molecule has 0 bridgehead atoms. The third kappa shape index (κ3) is 5.68. The molecule has 1 aliphatic rings. The maximum Gasteiger partial charge on any atom is 0.223 e. The third-order valence-electron chi connectivity index (χ3n) is 2.81. The highest BCUT2D eigenvalue weighted by Gasteiger charge is 2.20. The topological polar surface area (TPSA) is 70.2 Å². The Bertz CT molecular complexity index is 260. The molecule has 0 atom stereocenters. The summed E-state index contributed by atoms with van der Waals surface area (Å²) in [5.74, 6) is 0.193. The summed E-state index contributed by atoms with van der Waals surface area (Å²) in [5, 5.41) is 8.85. The van der Waals surface area contributed by atoms with E-state index in [1.807, 2.05) is 13.8 Å². The van der Waals surface area contributed by atoms with E-state index in [0.717, 1.165) is 25.9 Å². The Balaban J connectivity index is 2.13. The second-order valence-corrected chi connectivity index (χ2v) is 4.79. The van der Waals surface area contributed by atoms with E-state index >= 15 is 0 Å². The van der Waals surface area contributed by atoms with Gasteiger partial charge in [-0.3, -0.25) is 9.59 Å². The van der Waals surface area contributed by atoms with Crippen LogP contribution >= 0.6 is 0 Å². The van der Waals surface area contributed by atoms with E-state index in [1.165, 1.54) is 0 Å². The Hall–Kier alpha value is -1.10. The highest BCUT2D eigenvalue weighted by molar-refractivity contribution is 5.80. The maximum atomic E-state index is 11.7. The van der Waals surface area contributed by atoms with Crippen LogP contribution in [0.15, 0.2) is 0 Å². The molecule has 1 fully saturated rings. The standard InChI is InChI=1S/C12H23N3O2/c1-9(2)15-11(16)5-8-14-12(17)10-3-6-13-7-4-10/h9-10,13H,3-8H2,1-2H3,(H,14,17)(H,15,16). The molecule has 17 heavy (non-hydrogen) atoms. The molecule has 0 aromatic carbocycles. The van der Waals surface area contributed by atoms with Gasteiger partial charge in [0.1, 0.15) is 0 Å². The van der Waals surface area contributed by atoms with E-state index in [1.54, 1.807) is 0 Å². The monoisotopic (exact) mass is 241 g/mol. The van der Waals surface area contributed by atoms with Gasteiger partial charge in [0.05, 0.1) is 0 Å². The smallest absolute Gasteiger partial charge is 0.223 e. The van der Waals surface area contributed by atoms with Gasteiger partial charge in [-0.25, -0.2) is 0 Å². The summed E-state index contributed by atoms with van der Waals surface area (Å²) in [6, 6.07) is 0.155. The first-order valence-electron chi connectivity index (χ1n) is 6.37. The summed E-state index contributed by atoms with van der Waals surface area (Å²) in [4.78, 5) is 23.1. The first-order chi connectivity index (χ1) is 8.09. The SMILES string of the molecule is CC(C)NC(=O)CCNC(=O)C1CCNCC1. The molecular weight excluding hydrogens is 218 g/mol. The number of carbonyl (C=O) groups excluding carboxylic acids is 2. The van der Waals surface area contributed by atoms with Crippen LogP contribution in [0, 0.1) is 5.92 Å². The zero-order valence-corrected chi connectivity index (χ0v) is 10.7. The molecule has 1 saturated heterocycles. The molecule has 0 saturated carbocycles. The fourth-order valence-corrected chi connectivity index (χ4v) is 1.92. The minimum Gasteiger partial charge on any atom is -0.355 e. The largest absolute Gasteiger partial charge is 0.355 e. The van der Waals surface area contributed by atoms with Crippen molar-refractivity contribution in [1.29, 1.82) is 0 Å². The third-order valence-corrected chi connectivity index (χ3v) is 2.81. The Labute approximate surface area is 103 Å². The lowest BCUT2D eigenvalue weighted by atomic mass is 9.97. The summed E-state index contributed by atoms with van der Waals surface area (Å²) >= 11 is 0. The number of hydrogen-bond acceptors (Lipinski definition) is 3. The van der Waals surface area contributed by atoms with Gasteiger partial charge < -0.3 is 16.0 Å². The highest BCUT2D eigenvalue weighted by Crippen LogP contribution is 2.10. The van der Waals surface area contributed by atoms with Crippen LogP contribution in [0.1, 0.15) is 33.1 Å². The summed E-state index contributed by atoms with van der Waals surface area (Å²) < 4.78 is 0. The predicted molar refractivity (Wildman–Crippen MR) is 66.5 cm³/mol. The number of rotatable bonds is 5. The molecule has 0 spiro atoms. The first kappa shape index (κ1) is 14.0. The van der Waals surface area contributed by atoms with Crippen LogP contribution in [0.5, 0.6) is 0 Å². The normalized spacial score (nSPS) is 16.9. The van der Waals surface area contributed by atoms with Gasteiger partial charge in [0.25, 0.3) is 0 Å². The molecule has 0 aromatic rings. The van der Waals surface area contributed by atoms with E-state index in [4.69, 9.17) is 0 Å². The van der Waals surface area contributed by atoms with Gasteiger partial charge in [-0.2, -0.15) is 0 Å². The van der Waals surface area contributed by atoms with Crippen molar-refractivity contribution in [2.24, 2.45) is 5.92 Å². The van der Waals surface area contributed by atoms with Gasteiger partial charge in [0, 0.05) is 24.9 Å². The molecule has 1 aliphatic heterocycles. The van der Waals surface area contributed by atoms with Gasteiger partial charge in [-0.05, 0) is 39.8 Å². The molecule has 3 N–H and O–H groups in total. The quantitative estimate of drug-likeness (QED) is 0.635. The lowest BCUT2D eigenvalue weighted by Gasteiger charge is -2.21. The van der Waals surface area contributed by atoms with Crippen LogP contribution < -0.4 is 16.0 Å². The number of amides is 2. The number of carbonyl (C=O) groups is 2. The van der Waals surface area contributed by atoms with Crippen molar-refractivity contribution in [3.8, 4) is 0 Å². The summed E-state index contributed by atoms with van der Waals surface area (Å²) in [5.41, 5.74) is 0. The molecule has 2 amide bonds. The molecule has 0 aromatic heterocycles. The van der Waals surface area contributed by atoms with Crippen molar-refractivity contribution < 1.29 is 9.59 Å². The Morgan fingerprint density at radius 2 is 1.94 bits per heavy atom. The van der Waals surface area contributed by atoms with Crippen molar-refractivity contribution >= 4 is 11.8 Å². The van der Waals surface area contributed by atoms with E-state index in [9.17, 15) is 9.59 Å². The molecule has 0 unspecified atom stereocenters. The molecule has 1 rings (SSSR count). The molecule has 5 heteroatoms. The van der Waals surface area contributed by atoms with E-state index < -0.39 is 0 Å². The van der Waals surface area contributed by atoms with Crippen LogP contribution in [0.3, 0.4) is 0 Å². The fourth-order valence-electron chi connectivity index (χ4n) is 1.92. The Morgan fingerprint density at radius 3 is 2.53 bits per heavy atom. The van der Waals surface area contributed by atoms with Crippen molar-refractivity contribution in [2.45, 2.75) is 39.2 Å². The predicted octanol–water partition coefficient (Wildman–Crippen LogP) is 0.0169. The Kier molecular flexibility index (Phi) is 5.97. The van der Waals surface area contributed by atoms with Crippen LogP contribution in [0.4, 0.5) is 0 Å². The van der Waals surface area contributed by atoms with Gasteiger partial charge >= 0.3 is 0 Å². The van der Waals surface area contributed by atoms with E-state index in [2.05, 4.69) is 16.0 Å². The minimum atomic E-state index is -0.00869. The van der Waals surface area contributed by atoms with Crippen molar-refractivity contribution in [3.63, 3.8) is 0 Å².